The van der Waals surface area contributed by atoms with E-state index in [4.69, 9.17) is 0 Å². The Bertz CT molecular complexity index is 358. The van der Waals surface area contributed by atoms with Crippen molar-refractivity contribution >= 4 is 5.57 Å². The van der Waals surface area contributed by atoms with Crippen LogP contribution in [0, 0.1) is 0 Å². The van der Waals surface area contributed by atoms with Gasteiger partial charge in [-0.1, -0.05) is 36.4 Å². The Balaban J connectivity index is 2.32. The molecular weight excluding hydrogens is 158 g/mol. The summed E-state index contributed by atoms with van der Waals surface area (Å²) in [5.74, 6) is 0. The highest BCUT2D eigenvalue weighted by Crippen LogP contribution is 2.17. The van der Waals surface area contributed by atoms with Gasteiger partial charge >= 0.3 is 0 Å². The van der Waals surface area contributed by atoms with Crippen LogP contribution in [0.4, 0.5) is 0 Å². The van der Waals surface area contributed by atoms with Gasteiger partial charge in [0.1, 0.15) is 0 Å². The van der Waals surface area contributed by atoms with E-state index in [1.54, 1.807) is 0 Å². The quantitative estimate of drug-likeness (QED) is 0.629. The Labute approximate surface area is 78.1 Å². The minimum absolute atomic E-state index is 0.962. The van der Waals surface area contributed by atoms with Gasteiger partial charge in [0, 0.05) is 6.20 Å². The number of pyridine rings is 1. The smallest absolute Gasteiger partial charge is 0.0664 e. The lowest BCUT2D eigenvalue weighted by Gasteiger charge is -2.01. The summed E-state index contributed by atoms with van der Waals surface area (Å²) in [5.41, 5.74) is 2.34. The molecule has 1 nitrogen and oxygen atoms in total. The Morgan fingerprint density at radius 3 is 2.92 bits per heavy atom. The summed E-state index contributed by atoms with van der Waals surface area (Å²) in [6.45, 7) is 0. The maximum Gasteiger partial charge on any atom is 0.0664 e. The van der Waals surface area contributed by atoms with Gasteiger partial charge < -0.3 is 0 Å². The van der Waals surface area contributed by atoms with Crippen LogP contribution >= 0.6 is 0 Å². The molecule has 1 aliphatic rings. The van der Waals surface area contributed by atoms with Gasteiger partial charge in [-0.15, -0.1) is 0 Å². The van der Waals surface area contributed by atoms with Crippen molar-refractivity contribution in [3.05, 3.63) is 60.5 Å². The molecule has 0 bridgehead atoms. The van der Waals surface area contributed by atoms with E-state index in [2.05, 4.69) is 23.2 Å². The Kier molecular flexibility index (Phi) is 2.37. The predicted molar refractivity (Wildman–Crippen MR) is 55.1 cm³/mol. The minimum Gasteiger partial charge on any atom is -0.257 e. The first-order valence-corrected chi connectivity index (χ1v) is 4.40. The molecule has 1 aromatic rings. The second-order valence-corrected chi connectivity index (χ2v) is 2.92. The maximum absolute atomic E-state index is 4.31. The topological polar surface area (TPSA) is 12.9 Å². The molecule has 0 amide bonds. The molecule has 2 rings (SSSR count). The molecule has 0 unspecified atom stereocenters. The zero-order valence-electron chi connectivity index (χ0n) is 7.35. The van der Waals surface area contributed by atoms with Crippen LogP contribution in [-0.4, -0.2) is 4.98 Å². The number of hydrogen-bond acceptors (Lipinski definition) is 1. The van der Waals surface area contributed by atoms with Crippen LogP contribution in [0.1, 0.15) is 12.1 Å². The van der Waals surface area contributed by atoms with Crippen molar-refractivity contribution in [3.63, 3.8) is 0 Å². The largest absolute Gasteiger partial charge is 0.257 e. The molecule has 1 aromatic heterocycles. The molecular formula is C12H11N. The van der Waals surface area contributed by atoms with Gasteiger partial charge in [0.25, 0.3) is 0 Å². The van der Waals surface area contributed by atoms with E-state index in [0.717, 1.165) is 12.1 Å². The Morgan fingerprint density at radius 1 is 1.08 bits per heavy atom. The lowest BCUT2D eigenvalue weighted by Crippen LogP contribution is -1.85. The maximum atomic E-state index is 4.31. The average Bonchev–Trinajstić information content (AvgIpc) is 2.47. The molecule has 0 saturated carbocycles. The standard InChI is InChI=1S/C12H11N/c1-2-4-8-11(7-3-1)12-9-5-6-10-13-12/h1-7,9-10H,8H2. The number of aromatic nitrogens is 1. The third-order valence-electron chi connectivity index (χ3n) is 1.99. The number of nitrogens with zero attached hydrogens (tertiary/aromatic N) is 1. The van der Waals surface area contributed by atoms with Gasteiger partial charge in [-0.05, 0) is 24.1 Å². The molecule has 0 atom stereocenters. The normalized spacial score (nSPS) is 15.2. The van der Waals surface area contributed by atoms with E-state index in [-0.39, 0.29) is 0 Å². The van der Waals surface area contributed by atoms with Crippen molar-refractivity contribution < 1.29 is 0 Å². The molecule has 0 N–H and O–H groups in total. The van der Waals surface area contributed by atoms with Gasteiger partial charge in [-0.25, -0.2) is 0 Å². The molecule has 13 heavy (non-hydrogen) atoms. The number of allylic oxidation sites excluding steroid dienone is 6. The van der Waals surface area contributed by atoms with Crippen molar-refractivity contribution in [1.29, 1.82) is 0 Å². The fraction of sp³-hybridized carbons (Fsp3) is 0.0833. The van der Waals surface area contributed by atoms with Gasteiger partial charge in [0.15, 0.2) is 0 Å². The second-order valence-electron chi connectivity index (χ2n) is 2.92. The molecule has 1 heterocycles. The lowest BCUT2D eigenvalue weighted by molar-refractivity contribution is 1.24. The van der Waals surface area contributed by atoms with E-state index >= 15 is 0 Å². The van der Waals surface area contributed by atoms with Crippen LogP contribution in [0.2, 0.25) is 0 Å². The second kappa shape index (κ2) is 3.85. The van der Waals surface area contributed by atoms with Gasteiger partial charge in [-0.3, -0.25) is 4.98 Å². The van der Waals surface area contributed by atoms with Crippen LogP contribution in [0.3, 0.4) is 0 Å². The molecule has 1 aliphatic carbocycles. The SMILES string of the molecule is C1=CC=C(c2ccccn2)CC=C1. The third kappa shape index (κ3) is 1.94. The number of rotatable bonds is 1. The van der Waals surface area contributed by atoms with Gasteiger partial charge in [0.2, 0.25) is 0 Å². The molecule has 0 aromatic carbocycles. The first-order chi connectivity index (χ1) is 6.47. The van der Waals surface area contributed by atoms with Crippen molar-refractivity contribution in [2.24, 2.45) is 0 Å². The molecule has 0 aliphatic heterocycles. The Hall–Kier alpha value is -1.63. The Morgan fingerprint density at radius 2 is 2.08 bits per heavy atom. The highest BCUT2D eigenvalue weighted by Gasteiger charge is 1.99. The summed E-state index contributed by atoms with van der Waals surface area (Å²) in [5, 5.41) is 0. The summed E-state index contributed by atoms with van der Waals surface area (Å²) < 4.78 is 0. The van der Waals surface area contributed by atoms with Crippen LogP contribution in [0.5, 0.6) is 0 Å². The summed E-state index contributed by atoms with van der Waals surface area (Å²) >= 11 is 0. The first-order valence-electron chi connectivity index (χ1n) is 4.40. The average molecular weight is 169 g/mol. The van der Waals surface area contributed by atoms with Crippen LogP contribution in [0.15, 0.2) is 54.8 Å². The fourth-order valence-corrected chi connectivity index (χ4v) is 1.32. The fourth-order valence-electron chi connectivity index (χ4n) is 1.32. The molecule has 0 saturated heterocycles. The van der Waals surface area contributed by atoms with Crippen molar-refractivity contribution in [2.45, 2.75) is 6.42 Å². The monoisotopic (exact) mass is 169 g/mol. The zero-order chi connectivity index (χ0) is 8.93. The van der Waals surface area contributed by atoms with E-state index < -0.39 is 0 Å². The van der Waals surface area contributed by atoms with Gasteiger partial charge in [-0.2, -0.15) is 0 Å². The zero-order valence-corrected chi connectivity index (χ0v) is 7.35. The first kappa shape index (κ1) is 7.99. The summed E-state index contributed by atoms with van der Waals surface area (Å²) in [6, 6.07) is 5.99. The van der Waals surface area contributed by atoms with Gasteiger partial charge in [0.05, 0.1) is 5.69 Å². The van der Waals surface area contributed by atoms with Crippen LogP contribution < -0.4 is 0 Å². The van der Waals surface area contributed by atoms with E-state index in [1.807, 2.05) is 36.5 Å². The lowest BCUT2D eigenvalue weighted by atomic mass is 10.1. The van der Waals surface area contributed by atoms with Crippen molar-refractivity contribution in [1.82, 2.24) is 4.98 Å². The molecule has 0 spiro atoms. The third-order valence-corrected chi connectivity index (χ3v) is 1.99. The van der Waals surface area contributed by atoms with E-state index in [9.17, 15) is 0 Å². The summed E-state index contributed by atoms with van der Waals surface area (Å²) in [6.07, 6.45) is 13.2. The van der Waals surface area contributed by atoms with Crippen molar-refractivity contribution in [2.75, 3.05) is 0 Å². The van der Waals surface area contributed by atoms with Crippen LogP contribution in [0.25, 0.3) is 5.57 Å². The van der Waals surface area contributed by atoms with E-state index in [0.29, 0.717) is 0 Å². The molecule has 64 valence electrons. The minimum atomic E-state index is 0.962. The predicted octanol–water partition coefficient (Wildman–Crippen LogP) is 2.98. The molecule has 0 fully saturated rings. The summed E-state index contributed by atoms with van der Waals surface area (Å²) in [4.78, 5) is 4.31. The highest BCUT2D eigenvalue weighted by atomic mass is 14.7. The summed E-state index contributed by atoms with van der Waals surface area (Å²) in [7, 11) is 0. The van der Waals surface area contributed by atoms with E-state index in [1.165, 1.54) is 5.57 Å². The van der Waals surface area contributed by atoms with Crippen LogP contribution in [-0.2, 0) is 0 Å². The number of hydrogen-bond donors (Lipinski definition) is 0. The molecule has 0 radical (unpaired) electrons. The highest BCUT2D eigenvalue weighted by molar-refractivity contribution is 5.66. The molecule has 1 heteroatoms. The van der Waals surface area contributed by atoms with Crippen molar-refractivity contribution in [3.8, 4) is 0 Å².